The zero-order chi connectivity index (χ0) is 24.9. The molecule has 8 nitrogen and oxygen atoms in total. The molecule has 9 heteroatoms. The molecular formula is C26H27N3O5S. The van der Waals surface area contributed by atoms with E-state index >= 15 is 0 Å². The zero-order valence-corrected chi connectivity index (χ0v) is 20.4. The highest BCUT2D eigenvalue weighted by molar-refractivity contribution is 7.11. The van der Waals surface area contributed by atoms with Gasteiger partial charge in [0, 0.05) is 17.2 Å². The Kier molecular flexibility index (Phi) is 7.45. The molecule has 4 rings (SSSR count). The third-order valence-corrected chi connectivity index (χ3v) is 7.09. The lowest BCUT2D eigenvalue weighted by Crippen LogP contribution is -2.47. The molecule has 0 bridgehead atoms. The number of nitrogens with zero attached hydrogens (tertiary/aromatic N) is 1. The van der Waals surface area contributed by atoms with E-state index in [1.165, 1.54) is 11.3 Å². The largest absolute Gasteiger partial charge is 0.481 e. The summed E-state index contributed by atoms with van der Waals surface area (Å²) < 4.78 is 5.53. The lowest BCUT2D eigenvalue weighted by molar-refractivity contribution is -0.137. The van der Waals surface area contributed by atoms with Gasteiger partial charge in [-0.3, -0.25) is 9.59 Å². The van der Waals surface area contributed by atoms with Crippen molar-refractivity contribution in [3.05, 3.63) is 75.2 Å². The zero-order valence-electron chi connectivity index (χ0n) is 19.5. The third kappa shape index (κ3) is 5.68. The second-order valence-electron chi connectivity index (χ2n) is 8.41. The van der Waals surface area contributed by atoms with Gasteiger partial charge in [-0.25, -0.2) is 9.78 Å². The lowest BCUT2D eigenvalue weighted by Gasteiger charge is -2.19. The highest BCUT2D eigenvalue weighted by Crippen LogP contribution is 2.44. The van der Waals surface area contributed by atoms with Crippen molar-refractivity contribution in [2.75, 3.05) is 6.61 Å². The molecule has 1 heterocycles. The first-order valence-corrected chi connectivity index (χ1v) is 12.2. The van der Waals surface area contributed by atoms with Crippen LogP contribution in [-0.4, -0.2) is 40.7 Å². The van der Waals surface area contributed by atoms with Gasteiger partial charge in [0.15, 0.2) is 0 Å². The fourth-order valence-electron chi connectivity index (χ4n) is 4.35. The molecule has 1 aliphatic rings. The molecule has 3 aromatic rings. The predicted molar refractivity (Wildman–Crippen MR) is 132 cm³/mol. The van der Waals surface area contributed by atoms with E-state index in [1.54, 1.807) is 0 Å². The Morgan fingerprint density at radius 1 is 1.06 bits per heavy atom. The number of carboxylic acids is 1. The minimum absolute atomic E-state index is 0.0495. The van der Waals surface area contributed by atoms with Crippen LogP contribution in [0, 0.1) is 13.8 Å². The van der Waals surface area contributed by atoms with Crippen molar-refractivity contribution in [1.82, 2.24) is 15.6 Å². The topological polar surface area (TPSA) is 118 Å². The van der Waals surface area contributed by atoms with Crippen LogP contribution >= 0.6 is 11.3 Å². The van der Waals surface area contributed by atoms with Gasteiger partial charge in [-0.05, 0) is 42.5 Å². The molecule has 2 aromatic carbocycles. The molecule has 3 N–H and O–H groups in total. The fourth-order valence-corrected chi connectivity index (χ4v) is 5.22. The van der Waals surface area contributed by atoms with Gasteiger partial charge in [0.25, 0.3) is 0 Å². The van der Waals surface area contributed by atoms with Gasteiger partial charge in [-0.2, -0.15) is 0 Å². The standard InChI is InChI=1S/C26H27N3O5S/c1-15-23(35-16(2)28-15)13-27-25(32)22(11-12-24(30)31)29-26(33)34-14-21-19-9-5-3-7-17(19)18-8-4-6-10-20(18)21/h3-10,21-22H,11-14H2,1-2H3,(H,27,32)(H,29,33)(H,30,31). The lowest BCUT2D eigenvalue weighted by atomic mass is 9.98. The number of hydrogen-bond acceptors (Lipinski definition) is 6. The number of aromatic nitrogens is 1. The van der Waals surface area contributed by atoms with E-state index in [1.807, 2.05) is 62.4 Å². The molecule has 0 radical (unpaired) electrons. The number of thiazole rings is 1. The maximum absolute atomic E-state index is 12.8. The van der Waals surface area contributed by atoms with Crippen LogP contribution in [0.15, 0.2) is 48.5 Å². The molecule has 2 amide bonds. The molecule has 1 aromatic heterocycles. The Balaban J connectivity index is 1.39. The van der Waals surface area contributed by atoms with Gasteiger partial charge in [-0.1, -0.05) is 48.5 Å². The molecule has 0 fully saturated rings. The second-order valence-corrected chi connectivity index (χ2v) is 9.70. The third-order valence-electron chi connectivity index (χ3n) is 6.02. The first kappa shape index (κ1) is 24.4. The summed E-state index contributed by atoms with van der Waals surface area (Å²) in [7, 11) is 0. The summed E-state index contributed by atoms with van der Waals surface area (Å²) in [5, 5.41) is 15.3. The number of fused-ring (bicyclic) bond motifs is 3. The SMILES string of the molecule is Cc1nc(C)c(CNC(=O)C(CCC(=O)O)NC(=O)OCC2c3ccccc3-c3ccccc32)s1. The molecular weight excluding hydrogens is 466 g/mol. The number of carbonyl (C=O) groups is 3. The van der Waals surface area contributed by atoms with Crippen molar-refractivity contribution in [1.29, 1.82) is 0 Å². The van der Waals surface area contributed by atoms with E-state index in [4.69, 9.17) is 9.84 Å². The van der Waals surface area contributed by atoms with Crippen molar-refractivity contribution in [3.8, 4) is 11.1 Å². The van der Waals surface area contributed by atoms with Gasteiger partial charge < -0.3 is 20.5 Å². The number of amides is 2. The Morgan fingerprint density at radius 2 is 1.69 bits per heavy atom. The number of rotatable bonds is 9. The van der Waals surface area contributed by atoms with Gasteiger partial charge in [0.2, 0.25) is 5.91 Å². The molecule has 0 aliphatic heterocycles. The normalized spacial score (nSPS) is 13.0. The van der Waals surface area contributed by atoms with Crippen LogP contribution in [0.5, 0.6) is 0 Å². The molecule has 0 saturated heterocycles. The predicted octanol–water partition coefficient (Wildman–Crippen LogP) is 4.15. The number of benzene rings is 2. The number of aryl methyl sites for hydroxylation is 2. The number of ether oxygens (including phenoxy) is 1. The van der Waals surface area contributed by atoms with Gasteiger partial charge in [0.05, 0.1) is 17.2 Å². The van der Waals surface area contributed by atoms with Crippen LogP contribution in [0.25, 0.3) is 11.1 Å². The number of carboxylic acid groups (broad SMARTS) is 1. The van der Waals surface area contributed by atoms with Crippen molar-refractivity contribution in [2.24, 2.45) is 0 Å². The first-order chi connectivity index (χ1) is 16.8. The Labute approximate surface area is 207 Å². The molecule has 1 atom stereocenters. The molecule has 1 unspecified atom stereocenters. The molecule has 35 heavy (non-hydrogen) atoms. The summed E-state index contributed by atoms with van der Waals surface area (Å²) in [6.45, 7) is 4.11. The van der Waals surface area contributed by atoms with E-state index in [0.717, 1.165) is 37.8 Å². The number of alkyl carbamates (subject to hydrolysis) is 1. The molecule has 182 valence electrons. The van der Waals surface area contributed by atoms with Crippen LogP contribution in [0.3, 0.4) is 0 Å². The quantitative estimate of drug-likeness (QED) is 0.412. The Hall–Kier alpha value is -3.72. The van der Waals surface area contributed by atoms with Crippen molar-refractivity contribution >= 4 is 29.3 Å². The van der Waals surface area contributed by atoms with Gasteiger partial charge in [0.1, 0.15) is 12.6 Å². The molecule has 0 spiro atoms. The van der Waals surface area contributed by atoms with Crippen LogP contribution < -0.4 is 10.6 Å². The van der Waals surface area contributed by atoms with Crippen LogP contribution in [0.1, 0.15) is 45.5 Å². The number of nitrogens with one attached hydrogen (secondary N) is 2. The number of carbonyl (C=O) groups excluding carboxylic acids is 2. The van der Waals surface area contributed by atoms with Gasteiger partial charge in [-0.15, -0.1) is 11.3 Å². The van der Waals surface area contributed by atoms with E-state index < -0.39 is 24.0 Å². The summed E-state index contributed by atoms with van der Waals surface area (Å²) in [6, 6.07) is 15.0. The van der Waals surface area contributed by atoms with Crippen LogP contribution in [-0.2, 0) is 20.9 Å². The first-order valence-electron chi connectivity index (χ1n) is 11.4. The second kappa shape index (κ2) is 10.7. The maximum Gasteiger partial charge on any atom is 0.407 e. The van der Waals surface area contributed by atoms with E-state index in [9.17, 15) is 14.4 Å². The van der Waals surface area contributed by atoms with Crippen molar-refractivity contribution in [3.63, 3.8) is 0 Å². The van der Waals surface area contributed by atoms with E-state index in [2.05, 4.69) is 15.6 Å². The Morgan fingerprint density at radius 3 is 2.26 bits per heavy atom. The number of aliphatic carboxylic acids is 1. The highest BCUT2D eigenvalue weighted by atomic mass is 32.1. The van der Waals surface area contributed by atoms with E-state index in [-0.39, 0.29) is 31.9 Å². The Bertz CT molecular complexity index is 1210. The average molecular weight is 494 g/mol. The summed E-state index contributed by atoms with van der Waals surface area (Å²) in [4.78, 5) is 41.8. The van der Waals surface area contributed by atoms with E-state index in [0.29, 0.717) is 0 Å². The summed E-state index contributed by atoms with van der Waals surface area (Å²) in [5.41, 5.74) is 5.22. The average Bonchev–Trinajstić information content (AvgIpc) is 3.34. The molecule has 1 aliphatic carbocycles. The summed E-state index contributed by atoms with van der Waals surface area (Å²) >= 11 is 1.48. The van der Waals surface area contributed by atoms with Crippen molar-refractivity contribution < 1.29 is 24.2 Å². The minimum atomic E-state index is -1.05. The molecule has 0 saturated carbocycles. The van der Waals surface area contributed by atoms with Gasteiger partial charge >= 0.3 is 12.1 Å². The fraction of sp³-hybridized carbons (Fsp3) is 0.308. The minimum Gasteiger partial charge on any atom is -0.481 e. The van der Waals surface area contributed by atoms with Crippen molar-refractivity contribution in [2.45, 2.75) is 45.2 Å². The monoisotopic (exact) mass is 493 g/mol. The maximum atomic E-state index is 12.8. The summed E-state index contributed by atoms with van der Waals surface area (Å²) in [6.07, 6.45) is -1.07. The smallest absolute Gasteiger partial charge is 0.407 e. The highest BCUT2D eigenvalue weighted by Gasteiger charge is 2.30. The summed E-state index contributed by atoms with van der Waals surface area (Å²) in [5.74, 6) is -1.63. The van der Waals surface area contributed by atoms with Crippen LogP contribution in [0.4, 0.5) is 4.79 Å². The number of hydrogen-bond donors (Lipinski definition) is 3. The van der Waals surface area contributed by atoms with Crippen LogP contribution in [0.2, 0.25) is 0 Å².